The van der Waals surface area contributed by atoms with Crippen LogP contribution in [-0.4, -0.2) is 23.5 Å². The number of rotatable bonds is 5. The first-order valence-corrected chi connectivity index (χ1v) is 8.94. The van der Waals surface area contributed by atoms with E-state index in [1.165, 1.54) is 0 Å². The fraction of sp³-hybridized carbons (Fsp3) is 0.263. The Morgan fingerprint density at radius 1 is 1.20 bits per heavy atom. The maximum absolute atomic E-state index is 5.45. The minimum atomic E-state index is 0.188. The Kier molecular flexibility index (Phi) is 5.19. The molecule has 0 atom stereocenters. The molecule has 0 spiro atoms. The molecule has 25 heavy (non-hydrogen) atoms. The molecular weight excluding hydrogens is 334 g/mol. The van der Waals surface area contributed by atoms with E-state index in [2.05, 4.69) is 19.2 Å². The zero-order valence-electron chi connectivity index (χ0n) is 14.8. The van der Waals surface area contributed by atoms with Crippen molar-refractivity contribution in [2.45, 2.75) is 26.8 Å². The Bertz CT molecular complexity index is 916. The number of thiazole rings is 1. The summed E-state index contributed by atoms with van der Waals surface area (Å²) in [6.07, 6.45) is 1.65. The van der Waals surface area contributed by atoms with Gasteiger partial charge in [-0.1, -0.05) is 0 Å². The molecule has 1 aromatic carbocycles. The first-order chi connectivity index (χ1) is 12.1. The fourth-order valence-electron chi connectivity index (χ4n) is 2.35. The summed E-state index contributed by atoms with van der Waals surface area (Å²) < 4.78 is 12.6. The molecule has 0 aliphatic carbocycles. The van der Waals surface area contributed by atoms with Crippen molar-refractivity contribution in [1.82, 2.24) is 4.68 Å². The van der Waals surface area contributed by atoms with Crippen LogP contribution in [0.2, 0.25) is 0 Å². The van der Waals surface area contributed by atoms with Gasteiger partial charge in [0.1, 0.15) is 17.2 Å². The lowest BCUT2D eigenvalue weighted by atomic mass is 10.2. The van der Waals surface area contributed by atoms with Gasteiger partial charge in [0.2, 0.25) is 4.80 Å². The normalized spacial score (nSPS) is 12.8. The van der Waals surface area contributed by atoms with Gasteiger partial charge < -0.3 is 9.15 Å². The molecule has 5 nitrogen and oxygen atoms in total. The van der Waals surface area contributed by atoms with Gasteiger partial charge in [-0.15, -0.1) is 11.3 Å². The molecule has 6 heteroatoms. The Morgan fingerprint density at radius 2 is 1.96 bits per heavy atom. The average molecular weight is 355 g/mol. The third-order valence-corrected chi connectivity index (χ3v) is 4.40. The van der Waals surface area contributed by atoms with Gasteiger partial charge in [0, 0.05) is 17.0 Å². The SMILES string of the molecule is COc1ccc(-c2csc(=NC(C)C)n2N=C(C)c2ccco2)cc1. The molecule has 0 fully saturated rings. The Morgan fingerprint density at radius 3 is 2.56 bits per heavy atom. The highest BCUT2D eigenvalue weighted by Crippen LogP contribution is 2.23. The number of hydrogen-bond acceptors (Lipinski definition) is 5. The van der Waals surface area contributed by atoms with E-state index in [1.807, 2.05) is 48.0 Å². The quantitative estimate of drug-likeness (QED) is 0.637. The number of benzene rings is 1. The number of methoxy groups -OCH3 is 1. The Labute approximate surface area is 150 Å². The number of ether oxygens (including phenoxy) is 1. The second-order valence-electron chi connectivity index (χ2n) is 5.83. The van der Waals surface area contributed by atoms with E-state index in [0.717, 1.165) is 33.3 Å². The van der Waals surface area contributed by atoms with Crippen LogP contribution in [0.1, 0.15) is 26.5 Å². The van der Waals surface area contributed by atoms with Crippen LogP contribution in [-0.2, 0) is 0 Å². The van der Waals surface area contributed by atoms with E-state index < -0.39 is 0 Å². The molecule has 3 aromatic rings. The van der Waals surface area contributed by atoms with E-state index >= 15 is 0 Å². The molecule has 0 amide bonds. The molecule has 0 unspecified atom stereocenters. The fourth-order valence-corrected chi connectivity index (χ4v) is 3.31. The maximum atomic E-state index is 5.45. The van der Waals surface area contributed by atoms with Gasteiger partial charge in [-0.3, -0.25) is 4.99 Å². The van der Waals surface area contributed by atoms with Crippen LogP contribution >= 0.6 is 11.3 Å². The number of nitrogens with zero attached hydrogens (tertiary/aromatic N) is 3. The van der Waals surface area contributed by atoms with E-state index in [9.17, 15) is 0 Å². The molecule has 0 radical (unpaired) electrons. The van der Waals surface area contributed by atoms with Gasteiger partial charge >= 0.3 is 0 Å². The summed E-state index contributed by atoms with van der Waals surface area (Å²) in [7, 11) is 1.66. The highest BCUT2D eigenvalue weighted by molar-refractivity contribution is 7.07. The topological polar surface area (TPSA) is 52.0 Å². The zero-order chi connectivity index (χ0) is 17.8. The predicted molar refractivity (Wildman–Crippen MR) is 101 cm³/mol. The Balaban J connectivity index is 2.13. The number of aromatic nitrogens is 1. The van der Waals surface area contributed by atoms with E-state index in [-0.39, 0.29) is 6.04 Å². The third-order valence-electron chi connectivity index (χ3n) is 3.57. The summed E-state index contributed by atoms with van der Waals surface area (Å²) in [6, 6.07) is 11.9. The highest BCUT2D eigenvalue weighted by atomic mass is 32.1. The third kappa shape index (κ3) is 3.91. The maximum Gasteiger partial charge on any atom is 0.206 e. The van der Waals surface area contributed by atoms with Gasteiger partial charge in [-0.25, -0.2) is 4.68 Å². The minimum Gasteiger partial charge on any atom is -0.497 e. The van der Waals surface area contributed by atoms with Crippen LogP contribution in [0.4, 0.5) is 0 Å². The summed E-state index contributed by atoms with van der Waals surface area (Å²) in [6.45, 7) is 6.04. The van der Waals surface area contributed by atoms with Crippen molar-refractivity contribution in [3.8, 4) is 17.0 Å². The number of furan rings is 1. The number of hydrogen-bond donors (Lipinski definition) is 0. The molecular formula is C19H21N3O2S. The second kappa shape index (κ2) is 7.53. The van der Waals surface area contributed by atoms with Crippen molar-refractivity contribution in [3.63, 3.8) is 0 Å². The van der Waals surface area contributed by atoms with Gasteiger partial charge in [0.15, 0.2) is 0 Å². The lowest BCUT2D eigenvalue weighted by molar-refractivity contribution is 0.415. The standard InChI is InChI=1S/C19H21N3O2S/c1-13(2)20-19-22(21-14(3)18-6-5-11-24-18)17(12-25-19)15-7-9-16(23-4)10-8-15/h5-13H,1-4H3. The summed E-state index contributed by atoms with van der Waals surface area (Å²) in [5.74, 6) is 1.57. The molecule has 3 rings (SSSR count). The zero-order valence-corrected chi connectivity index (χ0v) is 15.6. The van der Waals surface area contributed by atoms with Crippen molar-refractivity contribution in [3.05, 3.63) is 58.6 Å². The van der Waals surface area contributed by atoms with Gasteiger partial charge in [-0.2, -0.15) is 5.10 Å². The van der Waals surface area contributed by atoms with Crippen molar-refractivity contribution in [2.24, 2.45) is 10.1 Å². The van der Waals surface area contributed by atoms with Crippen LogP contribution in [0, 0.1) is 0 Å². The first kappa shape index (κ1) is 17.2. The molecule has 0 N–H and O–H groups in total. The van der Waals surface area contributed by atoms with E-state index in [0.29, 0.717) is 0 Å². The summed E-state index contributed by atoms with van der Waals surface area (Å²) in [4.78, 5) is 5.55. The van der Waals surface area contributed by atoms with Crippen molar-refractivity contribution in [1.29, 1.82) is 0 Å². The van der Waals surface area contributed by atoms with E-state index in [4.69, 9.17) is 19.2 Å². The molecule has 0 bridgehead atoms. The average Bonchev–Trinajstić information content (AvgIpc) is 3.26. The Hall–Kier alpha value is -2.60. The smallest absolute Gasteiger partial charge is 0.206 e. The molecule has 0 saturated heterocycles. The van der Waals surface area contributed by atoms with Crippen molar-refractivity contribution >= 4 is 17.0 Å². The molecule has 0 aliphatic heterocycles. The van der Waals surface area contributed by atoms with Gasteiger partial charge in [0.25, 0.3) is 0 Å². The largest absolute Gasteiger partial charge is 0.497 e. The van der Waals surface area contributed by atoms with Gasteiger partial charge in [0.05, 0.1) is 19.1 Å². The second-order valence-corrected chi connectivity index (χ2v) is 6.67. The van der Waals surface area contributed by atoms with Crippen LogP contribution < -0.4 is 9.54 Å². The van der Waals surface area contributed by atoms with E-state index in [1.54, 1.807) is 24.7 Å². The van der Waals surface area contributed by atoms with Gasteiger partial charge in [-0.05, 0) is 57.2 Å². The van der Waals surface area contributed by atoms with Crippen LogP contribution in [0.3, 0.4) is 0 Å². The van der Waals surface area contributed by atoms with Crippen LogP contribution in [0.5, 0.6) is 5.75 Å². The molecule has 2 aromatic heterocycles. The highest BCUT2D eigenvalue weighted by Gasteiger charge is 2.10. The molecule has 0 aliphatic rings. The predicted octanol–water partition coefficient (Wildman–Crippen LogP) is 4.40. The van der Waals surface area contributed by atoms with Crippen molar-refractivity contribution < 1.29 is 9.15 Å². The lowest BCUT2D eigenvalue weighted by Gasteiger charge is -2.06. The molecule has 130 valence electrons. The summed E-state index contributed by atoms with van der Waals surface area (Å²) in [5, 5.41) is 6.83. The summed E-state index contributed by atoms with van der Waals surface area (Å²) >= 11 is 1.58. The molecule has 2 heterocycles. The van der Waals surface area contributed by atoms with Crippen molar-refractivity contribution in [2.75, 3.05) is 7.11 Å². The molecule has 0 saturated carbocycles. The summed E-state index contributed by atoms with van der Waals surface area (Å²) in [5.41, 5.74) is 2.83. The minimum absolute atomic E-state index is 0.188. The first-order valence-electron chi connectivity index (χ1n) is 8.06. The van der Waals surface area contributed by atoms with Crippen LogP contribution in [0.15, 0.2) is 62.6 Å². The monoisotopic (exact) mass is 355 g/mol. The lowest BCUT2D eigenvalue weighted by Crippen LogP contribution is -2.16. The van der Waals surface area contributed by atoms with Crippen LogP contribution in [0.25, 0.3) is 11.3 Å².